The topological polar surface area (TPSA) is 118 Å². The van der Waals surface area contributed by atoms with Crippen LogP contribution in [0.1, 0.15) is 22.3 Å². The van der Waals surface area contributed by atoms with E-state index in [0.717, 1.165) is 16.7 Å². The van der Waals surface area contributed by atoms with E-state index in [-0.39, 0.29) is 12.5 Å². The highest BCUT2D eigenvalue weighted by Gasteiger charge is 2.16. The van der Waals surface area contributed by atoms with Crippen molar-refractivity contribution < 1.29 is 23.9 Å². The summed E-state index contributed by atoms with van der Waals surface area (Å²) in [5.41, 5.74) is 6.53. The molecular weight excluding hydrogens is 623 g/mol. The van der Waals surface area contributed by atoms with Crippen LogP contribution in [0, 0.1) is 24.3 Å². The zero-order chi connectivity index (χ0) is 27.8. The van der Waals surface area contributed by atoms with Crippen LogP contribution in [0.5, 0.6) is 11.5 Å². The number of hydrazone groups is 1. The lowest BCUT2D eigenvalue weighted by Gasteiger charge is -2.14. The molecule has 3 aromatic rings. The van der Waals surface area contributed by atoms with E-state index in [1.807, 2.05) is 67.6 Å². The molecule has 9 nitrogen and oxygen atoms in total. The molecule has 0 fully saturated rings. The number of nitrogens with one attached hydrogen (secondary N) is 3. The number of aryl methyl sites for hydroxylation is 3. The molecule has 3 amide bonds. The van der Waals surface area contributed by atoms with Gasteiger partial charge in [0.25, 0.3) is 5.91 Å². The Morgan fingerprint density at radius 3 is 2.37 bits per heavy atom. The van der Waals surface area contributed by atoms with Gasteiger partial charge in [-0.2, -0.15) is 5.10 Å². The molecule has 0 saturated carbocycles. The maximum absolute atomic E-state index is 12.4. The van der Waals surface area contributed by atoms with Gasteiger partial charge in [-0.1, -0.05) is 35.9 Å². The zero-order valence-corrected chi connectivity index (χ0v) is 24.1. The monoisotopic (exact) mass is 648 g/mol. The number of nitrogens with zero attached hydrogens (tertiary/aromatic N) is 1. The van der Waals surface area contributed by atoms with Crippen LogP contribution >= 0.6 is 34.2 Å². The minimum atomic E-state index is -0.911. The van der Waals surface area contributed by atoms with Crippen LogP contribution in [0.15, 0.2) is 53.6 Å². The first kappa shape index (κ1) is 28.9. The van der Waals surface area contributed by atoms with Gasteiger partial charge < -0.3 is 20.1 Å². The highest BCUT2D eigenvalue weighted by molar-refractivity contribution is 14.1. The lowest BCUT2D eigenvalue weighted by Crippen LogP contribution is -2.32. The number of carbonyl (C=O) groups excluding carboxylic acids is 3. The van der Waals surface area contributed by atoms with E-state index in [1.54, 1.807) is 24.3 Å². The van der Waals surface area contributed by atoms with Gasteiger partial charge in [0.15, 0.2) is 18.1 Å². The van der Waals surface area contributed by atoms with E-state index >= 15 is 0 Å². The largest absolute Gasteiger partial charge is 0.493 e. The summed E-state index contributed by atoms with van der Waals surface area (Å²) < 4.78 is 11.8. The summed E-state index contributed by atoms with van der Waals surface area (Å²) in [4.78, 5) is 36.9. The zero-order valence-electron chi connectivity index (χ0n) is 21.1. The van der Waals surface area contributed by atoms with Gasteiger partial charge in [0, 0.05) is 16.4 Å². The average molecular weight is 649 g/mol. The molecule has 198 valence electrons. The first-order valence-corrected chi connectivity index (χ1v) is 12.8. The summed E-state index contributed by atoms with van der Waals surface area (Å²) in [6.45, 7) is 5.29. The van der Waals surface area contributed by atoms with Crippen LogP contribution in [-0.4, -0.2) is 37.7 Å². The molecule has 0 saturated heterocycles. The van der Waals surface area contributed by atoms with Gasteiger partial charge in [-0.15, -0.1) is 0 Å². The molecule has 0 radical (unpaired) electrons. The quantitative estimate of drug-likeness (QED) is 0.138. The number of para-hydroxylation sites is 1. The number of hydrogen-bond acceptors (Lipinski definition) is 6. The third-order valence-electron chi connectivity index (χ3n) is 5.38. The van der Waals surface area contributed by atoms with Crippen LogP contribution < -0.4 is 25.5 Å². The summed E-state index contributed by atoms with van der Waals surface area (Å²) in [5, 5.41) is 9.76. The summed E-state index contributed by atoms with van der Waals surface area (Å²) >= 11 is 8.05. The Morgan fingerprint density at radius 2 is 1.68 bits per heavy atom. The van der Waals surface area contributed by atoms with E-state index < -0.39 is 11.8 Å². The van der Waals surface area contributed by atoms with E-state index in [0.29, 0.717) is 37.0 Å². The number of rotatable bonds is 8. The van der Waals surface area contributed by atoms with Gasteiger partial charge >= 0.3 is 11.8 Å². The van der Waals surface area contributed by atoms with Gasteiger partial charge in [0.1, 0.15) is 0 Å². The number of amides is 3. The lowest BCUT2D eigenvalue weighted by molar-refractivity contribution is -0.136. The second kappa shape index (κ2) is 13.2. The van der Waals surface area contributed by atoms with Crippen molar-refractivity contribution in [2.75, 3.05) is 24.4 Å². The predicted molar refractivity (Wildman–Crippen MR) is 156 cm³/mol. The molecule has 0 unspecified atom stereocenters. The second-order valence-electron chi connectivity index (χ2n) is 8.25. The van der Waals surface area contributed by atoms with Crippen molar-refractivity contribution >= 4 is 69.5 Å². The molecule has 0 aromatic heterocycles. The van der Waals surface area contributed by atoms with Crippen molar-refractivity contribution in [3.8, 4) is 11.5 Å². The molecule has 3 N–H and O–H groups in total. The van der Waals surface area contributed by atoms with E-state index in [4.69, 9.17) is 21.1 Å². The number of hydrogen-bond donors (Lipinski definition) is 3. The maximum atomic E-state index is 12.4. The lowest BCUT2D eigenvalue weighted by atomic mass is 10.1. The van der Waals surface area contributed by atoms with Crippen molar-refractivity contribution in [1.82, 2.24) is 5.43 Å². The molecule has 0 aliphatic rings. The van der Waals surface area contributed by atoms with Gasteiger partial charge in [-0.05, 0) is 89.9 Å². The Kier molecular flexibility index (Phi) is 10.1. The molecule has 0 aliphatic carbocycles. The Labute approximate surface area is 239 Å². The molecule has 0 aliphatic heterocycles. The van der Waals surface area contributed by atoms with Gasteiger partial charge in [0.2, 0.25) is 0 Å². The minimum Gasteiger partial charge on any atom is -0.493 e. The standard InChI is InChI=1S/C27H26ClIN4O5/c1-15-8-9-19(28)12-21(15)31-23(34)14-38-25-20(29)10-18(11-22(25)37-4)13-30-33-27(36)26(35)32-24-16(2)6-5-7-17(24)3/h5-13H,14H2,1-4H3,(H,31,34)(H,32,35)(H,33,36)/b30-13-. The molecule has 38 heavy (non-hydrogen) atoms. The molecule has 11 heteroatoms. The fourth-order valence-electron chi connectivity index (χ4n) is 3.41. The van der Waals surface area contributed by atoms with Gasteiger partial charge in [0.05, 0.1) is 16.9 Å². The number of ether oxygens (including phenoxy) is 2. The Hall–Kier alpha value is -3.64. The van der Waals surface area contributed by atoms with E-state index in [2.05, 4.69) is 21.2 Å². The molecule has 0 spiro atoms. The SMILES string of the molecule is COc1cc(/C=N\NC(=O)C(=O)Nc2c(C)cccc2C)cc(I)c1OCC(=O)Nc1cc(Cl)ccc1C. The predicted octanol–water partition coefficient (Wildman–Crippen LogP) is 4.98. The molecule has 0 bridgehead atoms. The second-order valence-corrected chi connectivity index (χ2v) is 9.85. The van der Waals surface area contributed by atoms with E-state index in [9.17, 15) is 14.4 Å². The highest BCUT2D eigenvalue weighted by Crippen LogP contribution is 2.33. The first-order chi connectivity index (χ1) is 18.1. The average Bonchev–Trinajstić information content (AvgIpc) is 2.87. The number of halogens is 2. The molecule has 0 heterocycles. The summed E-state index contributed by atoms with van der Waals surface area (Å²) in [6, 6.07) is 14.1. The third kappa shape index (κ3) is 7.68. The van der Waals surface area contributed by atoms with Crippen LogP contribution in [0.3, 0.4) is 0 Å². The third-order valence-corrected chi connectivity index (χ3v) is 6.42. The van der Waals surface area contributed by atoms with E-state index in [1.165, 1.54) is 13.3 Å². The smallest absolute Gasteiger partial charge is 0.329 e. The fraction of sp³-hybridized carbons (Fsp3) is 0.185. The Balaban J connectivity index is 1.61. The Morgan fingerprint density at radius 1 is 0.974 bits per heavy atom. The number of benzene rings is 3. The molecular formula is C27H26ClIN4O5. The van der Waals surface area contributed by atoms with Crippen LogP contribution in [-0.2, 0) is 14.4 Å². The van der Waals surface area contributed by atoms with Crippen molar-refractivity contribution in [3.63, 3.8) is 0 Å². The van der Waals surface area contributed by atoms with Crippen molar-refractivity contribution in [1.29, 1.82) is 0 Å². The van der Waals surface area contributed by atoms with Crippen molar-refractivity contribution in [3.05, 3.63) is 79.4 Å². The number of carbonyl (C=O) groups is 3. The normalized spacial score (nSPS) is 10.7. The Bertz CT molecular complexity index is 1390. The van der Waals surface area contributed by atoms with Crippen LogP contribution in [0.4, 0.5) is 11.4 Å². The number of methoxy groups -OCH3 is 1. The highest BCUT2D eigenvalue weighted by atomic mass is 127. The summed E-state index contributed by atoms with van der Waals surface area (Å²) in [6.07, 6.45) is 1.37. The minimum absolute atomic E-state index is 0.253. The fourth-order valence-corrected chi connectivity index (χ4v) is 4.36. The van der Waals surface area contributed by atoms with Gasteiger partial charge in [-0.3, -0.25) is 14.4 Å². The number of anilines is 2. The van der Waals surface area contributed by atoms with Crippen LogP contribution in [0.2, 0.25) is 5.02 Å². The summed E-state index contributed by atoms with van der Waals surface area (Å²) in [7, 11) is 1.47. The van der Waals surface area contributed by atoms with Crippen molar-refractivity contribution in [2.45, 2.75) is 20.8 Å². The summed E-state index contributed by atoms with van der Waals surface area (Å²) in [5.74, 6) is -1.36. The van der Waals surface area contributed by atoms with Crippen LogP contribution in [0.25, 0.3) is 0 Å². The molecule has 0 atom stereocenters. The van der Waals surface area contributed by atoms with Gasteiger partial charge in [-0.25, -0.2) is 5.43 Å². The van der Waals surface area contributed by atoms with Crippen molar-refractivity contribution in [2.24, 2.45) is 5.10 Å². The molecule has 3 rings (SSSR count). The maximum Gasteiger partial charge on any atom is 0.329 e. The first-order valence-electron chi connectivity index (χ1n) is 11.4. The molecule has 3 aromatic carbocycles.